The fourth-order valence-corrected chi connectivity index (χ4v) is 0. The predicted molar refractivity (Wildman–Crippen MR) is 20.0 cm³/mol. The maximum absolute atomic E-state index is 10.0. The van der Waals surface area contributed by atoms with Crippen LogP contribution in [0, 0.1) is 0 Å². The molecule has 0 N–H and O–H groups in total. The first-order valence-electron chi connectivity index (χ1n) is 1.58. The summed E-state index contributed by atoms with van der Waals surface area (Å²) in [5.41, 5.74) is 0. The average molecular weight is 202 g/mol. The van der Waals surface area contributed by atoms with Crippen molar-refractivity contribution in [1.82, 2.24) is 0 Å². The van der Waals surface area contributed by atoms with E-state index in [0.29, 0.717) is 0 Å². The zero-order valence-electron chi connectivity index (χ0n) is 6.11. The van der Waals surface area contributed by atoms with Crippen LogP contribution in [0.3, 0.4) is 0 Å². The van der Waals surface area contributed by atoms with Gasteiger partial charge in [0.25, 0.3) is 0 Å². The zero-order valence-corrected chi connectivity index (χ0v) is 7.00. The van der Waals surface area contributed by atoms with Crippen LogP contribution < -0.4 is 42.6 Å². The summed E-state index contributed by atoms with van der Waals surface area (Å²) in [6, 6.07) is 0. The van der Waals surface area contributed by atoms with E-state index in [0.717, 1.165) is 0 Å². The fourth-order valence-electron chi connectivity index (χ4n) is 0. The van der Waals surface area contributed by atoms with Gasteiger partial charge in [0.15, 0.2) is 0 Å². The molecule has 2 nitrogen and oxygen atoms in total. The van der Waals surface area contributed by atoms with Crippen LogP contribution in [0.4, 0.5) is 25.7 Å². The van der Waals surface area contributed by atoms with Crippen molar-refractivity contribution in [1.29, 1.82) is 0 Å². The minimum absolute atomic E-state index is 0. The van der Waals surface area contributed by atoms with Crippen molar-refractivity contribution >= 4 is 15.2 Å². The molecule has 0 unspecified atom stereocenters. The van der Waals surface area contributed by atoms with E-state index < -0.39 is 15.2 Å². The van der Waals surface area contributed by atoms with Crippen molar-refractivity contribution in [2.75, 3.05) is 0 Å². The Morgan fingerprint density at radius 2 is 1.00 bits per heavy atom. The van der Waals surface area contributed by atoms with Crippen molar-refractivity contribution in [3.05, 3.63) is 0 Å². The molecule has 0 bridgehead atoms. The van der Waals surface area contributed by atoms with E-state index >= 15 is 0 Å². The van der Waals surface area contributed by atoms with Crippen LogP contribution in [0.25, 0.3) is 0 Å². The Morgan fingerprint density at radius 1 is 1.00 bits per heavy atom. The minimum atomic E-state index is -6.00. The van der Waals surface area contributed by atoms with Gasteiger partial charge in [-0.25, -0.2) is 0 Å². The topological polar surface area (TPSA) is 40.1 Å². The third-order valence-corrected chi connectivity index (χ3v) is 0. The standard InChI is InChI=1S/BF4.F2HO2P.2Li/c2-1(3,4)5;1-5(2,3)4;;/h;(H,3,4);;/q-1;;2*+1/p-1. The molecule has 0 aliphatic carbocycles. The Labute approximate surface area is 88.2 Å². The maximum atomic E-state index is 10.0. The van der Waals surface area contributed by atoms with Gasteiger partial charge in [-0.05, 0) is 0 Å². The SMILES string of the molecule is F[B-](F)(F)F.O=P([O-])(F)F.[Li+].[Li+]. The molecule has 0 rings (SSSR count). The molecule has 0 aromatic rings. The van der Waals surface area contributed by atoms with E-state index in [1.54, 1.807) is 0 Å². The second kappa shape index (κ2) is 8.62. The smallest absolute Gasteiger partial charge is 0.749 e. The number of rotatable bonds is 0. The van der Waals surface area contributed by atoms with E-state index in [1.165, 1.54) is 0 Å². The Balaban J connectivity index is -0.0000000457. The maximum Gasteiger partial charge on any atom is 1.00 e. The molecule has 0 aromatic carbocycles. The molecule has 0 aliphatic heterocycles. The Kier molecular flexibility index (Phi) is 16.6. The van der Waals surface area contributed by atoms with Crippen LogP contribution in [0.2, 0.25) is 0 Å². The van der Waals surface area contributed by atoms with Crippen molar-refractivity contribution in [2.24, 2.45) is 0 Å². The van der Waals surface area contributed by atoms with Crippen molar-refractivity contribution in [3.8, 4) is 0 Å². The molecule has 0 spiro atoms. The summed E-state index contributed by atoms with van der Waals surface area (Å²) in [5, 5.41) is 0. The summed E-state index contributed by atoms with van der Waals surface area (Å²) in [5.74, 6) is 0. The molecule has 64 valence electrons. The van der Waals surface area contributed by atoms with Gasteiger partial charge in [-0.15, -0.1) is 0 Å². The zero-order chi connectivity index (χ0) is 9.00. The number of hydrogen-bond acceptors (Lipinski definition) is 2. The molecular weight excluding hydrogens is 202 g/mol. The molecule has 0 heterocycles. The first-order chi connectivity index (χ1) is 4.00. The largest absolute Gasteiger partial charge is 1.00 e. The molecule has 0 radical (unpaired) electrons. The van der Waals surface area contributed by atoms with Crippen LogP contribution in [-0.4, -0.2) is 7.25 Å². The van der Waals surface area contributed by atoms with Crippen molar-refractivity contribution in [2.45, 2.75) is 0 Å². The summed E-state index contributed by atoms with van der Waals surface area (Å²) < 4.78 is 67.4. The third kappa shape index (κ3) is 1050. The predicted octanol–water partition coefficient (Wildman–Crippen LogP) is -4.30. The van der Waals surface area contributed by atoms with E-state index in [-0.39, 0.29) is 37.7 Å². The van der Waals surface area contributed by atoms with Gasteiger partial charge < -0.3 is 22.2 Å². The van der Waals surface area contributed by atoms with Gasteiger partial charge in [0.2, 0.25) is 0 Å². The van der Waals surface area contributed by atoms with Crippen LogP contribution in [0.1, 0.15) is 0 Å². The van der Waals surface area contributed by atoms with Crippen LogP contribution in [0.5, 0.6) is 0 Å². The van der Waals surface area contributed by atoms with Crippen LogP contribution in [0.15, 0.2) is 0 Å². The molecule has 0 fully saturated rings. The normalized spacial score (nSPS) is 9.92. The van der Waals surface area contributed by atoms with Gasteiger partial charge in [0, 0.05) is 0 Å². The second-order valence-corrected chi connectivity index (χ2v) is 1.74. The molecule has 12 heavy (non-hydrogen) atoms. The van der Waals surface area contributed by atoms with Gasteiger partial charge in [-0.1, -0.05) is 0 Å². The molecule has 12 heteroatoms. The second-order valence-electron chi connectivity index (χ2n) is 0.909. The molecule has 0 amide bonds. The van der Waals surface area contributed by atoms with Gasteiger partial charge in [0.1, 0.15) is 0 Å². The van der Waals surface area contributed by atoms with Gasteiger partial charge in [0.05, 0.1) is 0 Å². The summed E-state index contributed by atoms with van der Waals surface area (Å²) in [6.07, 6.45) is 0. The van der Waals surface area contributed by atoms with E-state index in [2.05, 4.69) is 0 Å². The number of halogens is 6. The fraction of sp³-hybridized carbons (Fsp3) is 0. The Bertz CT molecular complexity index is 116. The van der Waals surface area contributed by atoms with Crippen molar-refractivity contribution in [3.63, 3.8) is 0 Å². The molecule has 0 saturated carbocycles. The molecule has 0 atom stereocenters. The Morgan fingerprint density at radius 3 is 1.00 bits per heavy atom. The summed E-state index contributed by atoms with van der Waals surface area (Å²) in [4.78, 5) is 8.33. The third-order valence-electron chi connectivity index (χ3n) is 0. The van der Waals surface area contributed by atoms with Gasteiger partial charge in [-0.3, -0.25) is 4.57 Å². The first-order valence-corrected chi connectivity index (χ1v) is 2.98. The van der Waals surface area contributed by atoms with Gasteiger partial charge in [-0.2, -0.15) is 8.39 Å². The Hall–Kier alpha value is 1.03. The number of hydrogen-bond donors (Lipinski definition) is 0. The van der Waals surface area contributed by atoms with Crippen LogP contribution in [-0.2, 0) is 4.57 Å². The molecule has 0 saturated heterocycles. The average Bonchev–Trinajstić information content (AvgIpc) is 1.12. The molecule has 0 aromatic heterocycles. The quantitative estimate of drug-likeness (QED) is 0.226. The van der Waals surface area contributed by atoms with E-state index in [4.69, 9.17) is 9.46 Å². The van der Waals surface area contributed by atoms with E-state index in [1.807, 2.05) is 0 Å². The monoisotopic (exact) mass is 202 g/mol. The minimum Gasteiger partial charge on any atom is -0.749 e. The summed E-state index contributed by atoms with van der Waals surface area (Å²) >= 11 is 0. The summed E-state index contributed by atoms with van der Waals surface area (Å²) in [7, 11) is -11.9. The summed E-state index contributed by atoms with van der Waals surface area (Å²) in [6.45, 7) is 0. The first kappa shape index (κ1) is 23.1. The van der Waals surface area contributed by atoms with Crippen molar-refractivity contribution < 1.29 is 72.8 Å². The van der Waals surface area contributed by atoms with Crippen LogP contribution >= 0.6 is 7.99 Å². The molecule has 0 aliphatic rings. The molecular formula is BF6Li2O2P. The van der Waals surface area contributed by atoms with Gasteiger partial charge >= 0.3 is 53.0 Å². The van der Waals surface area contributed by atoms with E-state index in [9.17, 15) is 25.7 Å².